The predicted octanol–water partition coefficient (Wildman–Crippen LogP) is 13.9. The first kappa shape index (κ1) is 52.8. The van der Waals surface area contributed by atoms with Crippen molar-refractivity contribution in [3.63, 3.8) is 0 Å². The van der Waals surface area contributed by atoms with Gasteiger partial charge >= 0.3 is 11.9 Å². The number of hydrogen-bond acceptors (Lipinski definition) is 7. The van der Waals surface area contributed by atoms with Crippen LogP contribution in [0.4, 0.5) is 0 Å². The topological polar surface area (TPSA) is 74.3 Å². The number of likely N-dealkylation sites (N-methyl/N-ethyl adjacent to an activating group) is 1. The molecule has 0 aromatic rings. The molecule has 0 N–H and O–H groups in total. The van der Waals surface area contributed by atoms with E-state index in [4.69, 9.17) is 18.9 Å². The van der Waals surface area contributed by atoms with Gasteiger partial charge in [0.25, 0.3) is 0 Å². The molecule has 1 aliphatic rings. The highest BCUT2D eigenvalue weighted by molar-refractivity contribution is 5.70. The van der Waals surface area contributed by atoms with Gasteiger partial charge in [0.1, 0.15) is 0 Å². The van der Waals surface area contributed by atoms with Crippen LogP contribution in [0.3, 0.4) is 0 Å². The lowest BCUT2D eigenvalue weighted by molar-refractivity contribution is -0.180. The smallest absolute Gasteiger partial charge is 0.306 e. The van der Waals surface area contributed by atoms with Crippen molar-refractivity contribution in [2.24, 2.45) is 11.8 Å². The third-order valence-electron chi connectivity index (χ3n) is 12.2. The third-order valence-corrected chi connectivity index (χ3v) is 12.2. The Morgan fingerprint density at radius 3 is 1.30 bits per heavy atom. The minimum absolute atomic E-state index is 0.0145. The molecule has 1 fully saturated rings. The fraction of sp³-hybridized carbons (Fsp3) is 0.959. The van der Waals surface area contributed by atoms with E-state index in [0.717, 1.165) is 64.5 Å². The molecule has 0 spiro atoms. The molecule has 0 aromatic carbocycles. The number of esters is 2. The summed E-state index contributed by atoms with van der Waals surface area (Å²) in [5, 5.41) is 0. The molecule has 1 unspecified atom stereocenters. The second-order valence-electron chi connectivity index (χ2n) is 17.6. The highest BCUT2D eigenvalue weighted by Gasteiger charge is 2.40. The molecule has 0 radical (unpaired) electrons. The number of ether oxygens (including phenoxy) is 4. The van der Waals surface area contributed by atoms with Crippen LogP contribution in [0.2, 0.25) is 0 Å². The van der Waals surface area contributed by atoms with E-state index in [1.54, 1.807) is 0 Å². The molecule has 1 rings (SSSR count). The van der Waals surface area contributed by atoms with E-state index in [-0.39, 0.29) is 18.0 Å². The molecular formula is C49H95NO6. The van der Waals surface area contributed by atoms with Crippen molar-refractivity contribution < 1.29 is 28.5 Å². The summed E-state index contributed by atoms with van der Waals surface area (Å²) in [5.41, 5.74) is 0. The van der Waals surface area contributed by atoms with Gasteiger partial charge in [0.05, 0.1) is 25.9 Å². The van der Waals surface area contributed by atoms with E-state index in [2.05, 4.69) is 46.6 Å². The second kappa shape index (κ2) is 36.9. The first-order chi connectivity index (χ1) is 27.3. The molecule has 0 amide bonds. The number of carbonyl (C=O) groups excluding carboxylic acids is 2. The summed E-state index contributed by atoms with van der Waals surface area (Å²) in [7, 11) is 2.16. The lowest BCUT2D eigenvalue weighted by Crippen LogP contribution is -2.34. The molecule has 1 heterocycles. The van der Waals surface area contributed by atoms with Crippen LogP contribution in [0.25, 0.3) is 0 Å². The SMILES string of the molecule is CCCCCC(CCCCC)CC(=O)OCCCCCCCCC1(CCCCCCCCOC(=O)CC(CCCCC)CCCCC)OCC(CN(C)CC)O1. The molecule has 1 saturated heterocycles. The zero-order valence-electron chi connectivity index (χ0n) is 38.3. The van der Waals surface area contributed by atoms with Crippen LogP contribution < -0.4 is 0 Å². The normalized spacial score (nSPS) is 15.4. The van der Waals surface area contributed by atoms with Gasteiger partial charge in [0, 0.05) is 32.2 Å². The summed E-state index contributed by atoms with van der Waals surface area (Å²) in [6.45, 7) is 14.9. The Hall–Kier alpha value is -1.18. The van der Waals surface area contributed by atoms with Crippen molar-refractivity contribution >= 4 is 11.9 Å². The average Bonchev–Trinajstić information content (AvgIpc) is 3.58. The number of carbonyl (C=O) groups is 2. The molecule has 56 heavy (non-hydrogen) atoms. The fourth-order valence-electron chi connectivity index (χ4n) is 8.37. The quantitative estimate of drug-likeness (QED) is 0.0451. The third kappa shape index (κ3) is 29.1. The molecule has 0 aromatic heterocycles. The van der Waals surface area contributed by atoms with Crippen LogP contribution in [0.15, 0.2) is 0 Å². The minimum Gasteiger partial charge on any atom is -0.466 e. The van der Waals surface area contributed by atoms with Gasteiger partial charge in [-0.3, -0.25) is 9.59 Å². The largest absolute Gasteiger partial charge is 0.466 e. The maximum absolute atomic E-state index is 12.6. The first-order valence-electron chi connectivity index (χ1n) is 24.6. The van der Waals surface area contributed by atoms with E-state index in [1.807, 2.05) is 0 Å². The Morgan fingerprint density at radius 1 is 0.554 bits per heavy atom. The summed E-state index contributed by atoms with van der Waals surface area (Å²) in [5.74, 6) is 0.590. The summed E-state index contributed by atoms with van der Waals surface area (Å²) >= 11 is 0. The van der Waals surface area contributed by atoms with E-state index in [9.17, 15) is 9.59 Å². The van der Waals surface area contributed by atoms with Crippen LogP contribution >= 0.6 is 0 Å². The maximum Gasteiger partial charge on any atom is 0.306 e. The van der Waals surface area contributed by atoms with Crippen molar-refractivity contribution in [2.75, 3.05) is 40.0 Å². The molecule has 0 bridgehead atoms. The van der Waals surface area contributed by atoms with Gasteiger partial charge in [-0.15, -0.1) is 0 Å². The fourth-order valence-corrected chi connectivity index (χ4v) is 8.37. The molecular weight excluding hydrogens is 699 g/mol. The van der Waals surface area contributed by atoms with Gasteiger partial charge in [-0.1, -0.05) is 163 Å². The Labute approximate surface area is 348 Å². The number of unbranched alkanes of at least 4 members (excludes halogenated alkanes) is 18. The first-order valence-corrected chi connectivity index (χ1v) is 24.6. The van der Waals surface area contributed by atoms with Crippen LogP contribution in [0.5, 0.6) is 0 Å². The standard InChI is InChI=1S/C49H95NO6/c1-7-12-24-32-44(33-25-13-8-2)40-47(51)53-38-30-22-18-16-20-28-36-49(55-43-46(56-49)42-50(6)11-5)37-29-21-17-19-23-31-39-54-48(52)41-45(34-26-14-9-3)35-27-15-10-4/h44-46H,7-43H2,1-6H3. The van der Waals surface area contributed by atoms with Gasteiger partial charge in [-0.05, 0) is 76.8 Å². The predicted molar refractivity (Wildman–Crippen MR) is 236 cm³/mol. The molecule has 7 nitrogen and oxygen atoms in total. The van der Waals surface area contributed by atoms with Crippen molar-refractivity contribution in [1.82, 2.24) is 4.90 Å². The molecule has 332 valence electrons. The Balaban J connectivity index is 2.29. The zero-order chi connectivity index (χ0) is 41.0. The molecule has 7 heteroatoms. The minimum atomic E-state index is -0.433. The van der Waals surface area contributed by atoms with Crippen molar-refractivity contribution in [3.05, 3.63) is 0 Å². The summed E-state index contributed by atoms with van der Waals surface area (Å²) in [6, 6.07) is 0. The van der Waals surface area contributed by atoms with Gasteiger partial charge < -0.3 is 23.8 Å². The van der Waals surface area contributed by atoms with Crippen LogP contribution in [0.1, 0.15) is 240 Å². The number of nitrogens with zero attached hydrogens (tertiary/aromatic N) is 1. The van der Waals surface area contributed by atoms with Crippen LogP contribution in [0, 0.1) is 11.8 Å². The molecule has 1 aliphatic heterocycles. The lowest BCUT2D eigenvalue weighted by Gasteiger charge is -2.29. The van der Waals surface area contributed by atoms with Crippen LogP contribution in [-0.4, -0.2) is 68.7 Å². The van der Waals surface area contributed by atoms with Crippen molar-refractivity contribution in [1.29, 1.82) is 0 Å². The van der Waals surface area contributed by atoms with Crippen molar-refractivity contribution in [3.8, 4) is 0 Å². The highest BCUT2D eigenvalue weighted by Crippen LogP contribution is 2.35. The van der Waals surface area contributed by atoms with Gasteiger partial charge in [0.15, 0.2) is 5.79 Å². The highest BCUT2D eigenvalue weighted by atomic mass is 16.7. The van der Waals surface area contributed by atoms with Crippen LogP contribution in [-0.2, 0) is 28.5 Å². The van der Waals surface area contributed by atoms with E-state index in [1.165, 1.54) is 141 Å². The zero-order valence-corrected chi connectivity index (χ0v) is 38.3. The monoisotopic (exact) mass is 794 g/mol. The summed E-state index contributed by atoms with van der Waals surface area (Å²) < 4.78 is 24.5. The molecule has 0 aliphatic carbocycles. The average molecular weight is 794 g/mol. The Bertz CT molecular complexity index is 822. The van der Waals surface area contributed by atoms with Gasteiger partial charge in [0.2, 0.25) is 0 Å². The maximum atomic E-state index is 12.6. The van der Waals surface area contributed by atoms with Gasteiger partial charge in [-0.2, -0.15) is 0 Å². The van der Waals surface area contributed by atoms with E-state index >= 15 is 0 Å². The number of hydrogen-bond donors (Lipinski definition) is 0. The molecule has 0 saturated carbocycles. The second-order valence-corrected chi connectivity index (χ2v) is 17.6. The molecule has 1 atom stereocenters. The lowest BCUT2D eigenvalue weighted by atomic mass is 9.92. The van der Waals surface area contributed by atoms with Crippen molar-refractivity contribution in [2.45, 2.75) is 252 Å². The Morgan fingerprint density at radius 2 is 0.929 bits per heavy atom. The number of rotatable bonds is 41. The van der Waals surface area contributed by atoms with E-state index < -0.39 is 5.79 Å². The van der Waals surface area contributed by atoms with E-state index in [0.29, 0.717) is 44.5 Å². The Kier molecular flexibility index (Phi) is 34.8. The van der Waals surface area contributed by atoms with Gasteiger partial charge in [-0.25, -0.2) is 0 Å². The summed E-state index contributed by atoms with van der Waals surface area (Å²) in [6.07, 6.45) is 36.5. The summed E-state index contributed by atoms with van der Waals surface area (Å²) in [4.78, 5) is 27.4.